The largest absolute Gasteiger partial charge is 0.368 e. The van der Waals surface area contributed by atoms with Crippen LogP contribution >= 0.6 is 11.6 Å². The number of nitrogens with two attached hydrogens (primary N) is 1. The van der Waals surface area contributed by atoms with Gasteiger partial charge in [0.15, 0.2) is 5.82 Å². The van der Waals surface area contributed by atoms with Crippen molar-refractivity contribution in [2.24, 2.45) is 0 Å². The highest BCUT2D eigenvalue weighted by molar-refractivity contribution is 6.35. The Morgan fingerprint density at radius 1 is 1.30 bits per heavy atom. The number of fused-ring (bicyclic) bond motifs is 1. The molecule has 0 spiro atoms. The van der Waals surface area contributed by atoms with Crippen LogP contribution in [0.4, 0.5) is 24.9 Å². The summed E-state index contributed by atoms with van der Waals surface area (Å²) in [4.78, 5) is 25.0. The Hall–Kier alpha value is -4.18. The van der Waals surface area contributed by atoms with Gasteiger partial charge in [0.05, 0.1) is 33.9 Å². The predicted octanol–water partition coefficient (Wildman–Crippen LogP) is 3.26. The zero-order chi connectivity index (χ0) is 23.9. The zero-order valence-corrected chi connectivity index (χ0v) is 17.4. The number of nitrogens with zero attached hydrogens (tertiary/aromatic N) is 6. The summed E-state index contributed by atoms with van der Waals surface area (Å²) < 4.78 is 41.8. The topological polar surface area (TPSA) is 151 Å². The number of aromatic amines is 1. The third kappa shape index (κ3) is 3.92. The van der Waals surface area contributed by atoms with Crippen molar-refractivity contribution in [3.8, 4) is 11.8 Å². The van der Waals surface area contributed by atoms with Gasteiger partial charge in [0, 0.05) is 6.20 Å². The molecule has 4 aromatic rings. The molecule has 168 valence electrons. The molecule has 33 heavy (non-hydrogen) atoms. The van der Waals surface area contributed by atoms with Gasteiger partial charge in [-0.25, -0.2) is 23.1 Å². The van der Waals surface area contributed by atoms with Gasteiger partial charge in [0.2, 0.25) is 5.95 Å². The van der Waals surface area contributed by atoms with Gasteiger partial charge in [-0.3, -0.25) is 14.5 Å². The van der Waals surface area contributed by atoms with E-state index in [1.807, 2.05) is 0 Å². The number of nitriles is 1. The first-order valence-corrected chi connectivity index (χ1v) is 9.62. The first-order valence-electron chi connectivity index (χ1n) is 9.24. The fraction of sp³-hybridized carbons (Fsp3) is 0.158. The smallest absolute Gasteiger partial charge is 0.281 e. The molecule has 4 rings (SSSR count). The summed E-state index contributed by atoms with van der Waals surface area (Å²) >= 11 is 6.12. The summed E-state index contributed by atoms with van der Waals surface area (Å²) in [6.07, 6.45) is -0.327. The van der Waals surface area contributed by atoms with E-state index in [1.165, 1.54) is 12.4 Å². The van der Waals surface area contributed by atoms with Crippen molar-refractivity contribution in [3.63, 3.8) is 0 Å². The van der Waals surface area contributed by atoms with Crippen LogP contribution in [0.1, 0.15) is 36.5 Å². The molecule has 0 aliphatic carbocycles. The number of hydrogen-bond donors (Lipinski definition) is 3. The van der Waals surface area contributed by atoms with E-state index in [1.54, 1.807) is 13.0 Å². The van der Waals surface area contributed by atoms with Crippen LogP contribution in [0.15, 0.2) is 29.3 Å². The van der Waals surface area contributed by atoms with Crippen LogP contribution in [0, 0.1) is 17.1 Å². The molecule has 0 bridgehead atoms. The first-order chi connectivity index (χ1) is 15.7. The Morgan fingerprint density at radius 3 is 2.70 bits per heavy atom. The number of nitrogens with one attached hydrogen (secondary N) is 2. The minimum atomic E-state index is -3.07. The number of hydrogen-bond acceptors (Lipinski definition) is 8. The summed E-state index contributed by atoms with van der Waals surface area (Å²) in [5.74, 6) is -1.41. The molecule has 0 aliphatic heterocycles. The van der Waals surface area contributed by atoms with Gasteiger partial charge >= 0.3 is 0 Å². The number of aromatic nitrogens is 6. The number of rotatable bonds is 5. The molecule has 10 nitrogen and oxygen atoms in total. The predicted molar refractivity (Wildman–Crippen MR) is 113 cm³/mol. The van der Waals surface area contributed by atoms with E-state index in [0.717, 1.165) is 16.7 Å². The lowest BCUT2D eigenvalue weighted by molar-refractivity contribution is 0.146. The molecule has 0 radical (unpaired) electrons. The molecule has 0 amide bonds. The number of anilines is 2. The summed E-state index contributed by atoms with van der Waals surface area (Å²) in [7, 11) is 0. The summed E-state index contributed by atoms with van der Waals surface area (Å²) in [5.41, 5.74) is 3.84. The van der Waals surface area contributed by atoms with Crippen LogP contribution in [0.2, 0.25) is 5.02 Å². The lowest BCUT2D eigenvalue weighted by Gasteiger charge is -2.20. The van der Waals surface area contributed by atoms with Gasteiger partial charge in [0.25, 0.3) is 12.0 Å². The van der Waals surface area contributed by atoms with E-state index in [-0.39, 0.29) is 33.3 Å². The van der Waals surface area contributed by atoms with Crippen molar-refractivity contribution in [2.45, 2.75) is 19.4 Å². The van der Waals surface area contributed by atoms with E-state index < -0.39 is 41.0 Å². The fourth-order valence-corrected chi connectivity index (χ4v) is 3.52. The van der Waals surface area contributed by atoms with Crippen molar-refractivity contribution >= 4 is 34.3 Å². The number of halogens is 4. The molecule has 0 fully saturated rings. The van der Waals surface area contributed by atoms with Crippen LogP contribution in [0.5, 0.6) is 0 Å². The highest BCUT2D eigenvalue weighted by atomic mass is 35.5. The van der Waals surface area contributed by atoms with Crippen molar-refractivity contribution in [1.82, 2.24) is 29.7 Å². The quantitative estimate of drug-likeness (QED) is 0.398. The molecule has 0 aliphatic rings. The molecule has 1 unspecified atom stereocenters. The van der Waals surface area contributed by atoms with Gasteiger partial charge < -0.3 is 11.1 Å². The Bertz CT molecular complexity index is 1460. The Kier molecular flexibility index (Phi) is 5.60. The van der Waals surface area contributed by atoms with Crippen molar-refractivity contribution < 1.29 is 13.2 Å². The molecule has 3 heterocycles. The molecule has 0 saturated carbocycles. The van der Waals surface area contributed by atoms with E-state index in [2.05, 4.69) is 30.5 Å². The lowest BCUT2D eigenvalue weighted by atomic mass is 10.2. The first kappa shape index (κ1) is 22.0. The summed E-state index contributed by atoms with van der Waals surface area (Å²) in [5, 5.41) is 18.4. The van der Waals surface area contributed by atoms with Gasteiger partial charge in [-0.15, -0.1) is 0 Å². The van der Waals surface area contributed by atoms with E-state index in [0.29, 0.717) is 0 Å². The normalized spacial score (nSPS) is 12.2. The maximum absolute atomic E-state index is 13.9. The monoisotopic (exact) mass is 475 g/mol. The molecular formula is C19H13ClF3N9O. The van der Waals surface area contributed by atoms with Gasteiger partial charge in [0.1, 0.15) is 29.0 Å². The standard InChI is InChI=1S/C19H13ClF3N9O/c1-7(28-16-11(4-24)14(15(22)23)30-19(25)31-16)17-29-13-10(2-8(21)3-12(13)20)18(33)32(17)9-5-26-27-6-9/h2-3,5-7,15H,1H3,(H,26,27)(H3,25,28,30,31). The van der Waals surface area contributed by atoms with Gasteiger partial charge in [-0.2, -0.15) is 15.3 Å². The SMILES string of the molecule is CC(Nc1nc(N)nc(C(F)F)c1C#N)c1nc2c(Cl)cc(F)cc2c(=O)n1-c1cn[nH]c1. The lowest BCUT2D eigenvalue weighted by Crippen LogP contribution is -2.27. The minimum absolute atomic E-state index is 0.0300. The number of nitrogen functional groups attached to an aromatic ring is 1. The molecule has 0 saturated heterocycles. The molecule has 1 atom stereocenters. The second-order valence-corrected chi connectivity index (χ2v) is 7.23. The second-order valence-electron chi connectivity index (χ2n) is 6.82. The van der Waals surface area contributed by atoms with Crippen LogP contribution in [-0.4, -0.2) is 29.7 Å². The van der Waals surface area contributed by atoms with Crippen molar-refractivity contribution in [1.29, 1.82) is 5.26 Å². The fourth-order valence-electron chi connectivity index (χ4n) is 3.28. The molecule has 14 heteroatoms. The highest BCUT2D eigenvalue weighted by Gasteiger charge is 2.25. The van der Waals surface area contributed by atoms with E-state index >= 15 is 0 Å². The van der Waals surface area contributed by atoms with Crippen LogP contribution in [-0.2, 0) is 0 Å². The van der Waals surface area contributed by atoms with E-state index in [9.17, 15) is 23.2 Å². The number of H-pyrrole nitrogens is 1. The van der Waals surface area contributed by atoms with E-state index in [4.69, 9.17) is 17.3 Å². The average molecular weight is 476 g/mol. The summed E-state index contributed by atoms with van der Waals surface area (Å²) in [6, 6.07) is 2.75. The number of alkyl halides is 2. The average Bonchev–Trinajstić information content (AvgIpc) is 3.28. The van der Waals surface area contributed by atoms with Gasteiger partial charge in [-0.1, -0.05) is 11.6 Å². The Morgan fingerprint density at radius 2 is 2.06 bits per heavy atom. The Balaban J connectivity index is 1.93. The second kappa shape index (κ2) is 8.40. The van der Waals surface area contributed by atoms with Crippen LogP contribution < -0.4 is 16.6 Å². The Labute approximate surface area is 187 Å². The maximum atomic E-state index is 13.9. The molecule has 3 aromatic heterocycles. The van der Waals surface area contributed by atoms with Crippen molar-refractivity contribution in [3.05, 3.63) is 62.8 Å². The molecule has 1 aromatic carbocycles. The molecular weight excluding hydrogens is 463 g/mol. The highest BCUT2D eigenvalue weighted by Crippen LogP contribution is 2.29. The molecule has 4 N–H and O–H groups in total. The zero-order valence-electron chi connectivity index (χ0n) is 16.6. The third-order valence-corrected chi connectivity index (χ3v) is 4.96. The minimum Gasteiger partial charge on any atom is -0.368 e. The third-order valence-electron chi connectivity index (χ3n) is 4.67. The van der Waals surface area contributed by atoms with Crippen LogP contribution in [0.3, 0.4) is 0 Å². The van der Waals surface area contributed by atoms with Gasteiger partial charge in [-0.05, 0) is 19.1 Å². The maximum Gasteiger partial charge on any atom is 0.281 e. The van der Waals surface area contributed by atoms with Crippen molar-refractivity contribution in [2.75, 3.05) is 11.1 Å². The van der Waals surface area contributed by atoms with Crippen LogP contribution in [0.25, 0.3) is 16.6 Å². The summed E-state index contributed by atoms with van der Waals surface area (Å²) in [6.45, 7) is 1.54. The number of benzene rings is 1.